The van der Waals surface area contributed by atoms with Crippen LogP contribution >= 0.6 is 11.3 Å². The van der Waals surface area contributed by atoms with Crippen LogP contribution in [-0.2, 0) is 6.18 Å². The fourth-order valence-electron chi connectivity index (χ4n) is 4.27. The number of rotatable bonds is 5. The van der Waals surface area contributed by atoms with Gasteiger partial charge in [0.05, 0.1) is 12.7 Å². The summed E-state index contributed by atoms with van der Waals surface area (Å²) in [4.78, 5) is 2.07. The maximum Gasteiger partial charge on any atom is 0.416 e. The first-order valence-electron chi connectivity index (χ1n) is 11.5. The average Bonchev–Trinajstić information content (AvgIpc) is 3.30. The van der Waals surface area contributed by atoms with Crippen molar-refractivity contribution >= 4 is 11.3 Å². The van der Waals surface area contributed by atoms with Crippen LogP contribution in [0, 0.1) is 6.92 Å². The molecule has 4 aromatic carbocycles. The first-order chi connectivity index (χ1) is 17.3. The molecule has 0 fully saturated rings. The highest BCUT2D eigenvalue weighted by Crippen LogP contribution is 2.52. The molecule has 0 saturated heterocycles. The zero-order valence-corrected chi connectivity index (χ0v) is 20.6. The van der Waals surface area contributed by atoms with Gasteiger partial charge >= 0.3 is 6.18 Å². The molecule has 0 aliphatic heterocycles. The zero-order valence-electron chi connectivity index (χ0n) is 19.8. The van der Waals surface area contributed by atoms with Crippen molar-refractivity contribution < 1.29 is 17.9 Å². The summed E-state index contributed by atoms with van der Waals surface area (Å²) >= 11 is 1.65. The quantitative estimate of drug-likeness (QED) is 0.233. The average molecular weight is 501 g/mol. The number of thiophene rings is 1. The Morgan fingerprint density at radius 1 is 0.583 bits per heavy atom. The van der Waals surface area contributed by atoms with Gasteiger partial charge in [0, 0.05) is 20.9 Å². The minimum Gasteiger partial charge on any atom is -0.497 e. The topological polar surface area (TPSA) is 9.23 Å². The number of aryl methyl sites for hydroxylation is 1. The number of ether oxygens (including phenoxy) is 1. The molecule has 5 heteroatoms. The van der Waals surface area contributed by atoms with Gasteiger partial charge in [-0.25, -0.2) is 0 Å². The molecule has 0 atom stereocenters. The van der Waals surface area contributed by atoms with Crippen molar-refractivity contribution in [2.45, 2.75) is 13.1 Å². The number of hydrogen-bond acceptors (Lipinski definition) is 2. The molecule has 0 saturated carbocycles. The normalized spacial score (nSPS) is 11.5. The summed E-state index contributed by atoms with van der Waals surface area (Å²) in [5.74, 6) is 0.741. The first-order valence-corrected chi connectivity index (χ1v) is 12.3. The lowest BCUT2D eigenvalue weighted by Crippen LogP contribution is -2.04. The second-order valence-corrected chi connectivity index (χ2v) is 9.57. The van der Waals surface area contributed by atoms with Crippen molar-refractivity contribution in [3.63, 3.8) is 0 Å². The molecule has 1 nitrogen and oxygen atoms in total. The summed E-state index contributed by atoms with van der Waals surface area (Å²) in [5, 5.41) is 0. The van der Waals surface area contributed by atoms with Crippen LogP contribution < -0.4 is 4.74 Å². The lowest BCUT2D eigenvalue weighted by Gasteiger charge is -2.13. The maximum absolute atomic E-state index is 13.3. The number of benzene rings is 4. The van der Waals surface area contributed by atoms with Gasteiger partial charge in [-0.3, -0.25) is 0 Å². The number of methoxy groups -OCH3 is 1. The highest BCUT2D eigenvalue weighted by atomic mass is 32.1. The molecule has 5 aromatic rings. The molecule has 0 radical (unpaired) electrons. The predicted octanol–water partition coefficient (Wildman–Crippen LogP) is 9.75. The van der Waals surface area contributed by atoms with Crippen LogP contribution in [0.2, 0.25) is 0 Å². The lowest BCUT2D eigenvalue weighted by molar-refractivity contribution is -0.137. The molecule has 36 heavy (non-hydrogen) atoms. The Morgan fingerprint density at radius 3 is 1.56 bits per heavy atom. The van der Waals surface area contributed by atoms with Gasteiger partial charge in [-0.1, -0.05) is 84.4 Å². The fourth-order valence-corrected chi connectivity index (χ4v) is 5.62. The van der Waals surface area contributed by atoms with Crippen LogP contribution in [0.15, 0.2) is 103 Å². The van der Waals surface area contributed by atoms with Crippen molar-refractivity contribution in [2.75, 3.05) is 7.11 Å². The molecule has 1 aromatic heterocycles. The molecule has 0 bridgehead atoms. The van der Waals surface area contributed by atoms with Crippen LogP contribution in [0.5, 0.6) is 5.75 Å². The molecule has 0 N–H and O–H groups in total. The fraction of sp³-hybridized carbons (Fsp3) is 0.0968. The summed E-state index contributed by atoms with van der Waals surface area (Å²) in [6.07, 6.45) is -4.39. The number of hydrogen-bond donors (Lipinski definition) is 0. The second-order valence-electron chi connectivity index (χ2n) is 8.55. The summed E-state index contributed by atoms with van der Waals surface area (Å²) in [6.45, 7) is 2.03. The van der Waals surface area contributed by atoms with E-state index in [-0.39, 0.29) is 0 Å². The van der Waals surface area contributed by atoms with Gasteiger partial charge in [0.15, 0.2) is 0 Å². The molecule has 0 unspecified atom stereocenters. The van der Waals surface area contributed by atoms with Gasteiger partial charge in [-0.15, -0.1) is 11.3 Å². The van der Waals surface area contributed by atoms with E-state index in [2.05, 4.69) is 36.4 Å². The number of halogens is 3. The number of alkyl halides is 3. The van der Waals surface area contributed by atoms with E-state index in [9.17, 15) is 13.2 Å². The Bertz CT molecular complexity index is 1470. The van der Waals surface area contributed by atoms with Gasteiger partial charge < -0.3 is 4.74 Å². The third kappa shape index (κ3) is 4.67. The Hall–Kier alpha value is -3.83. The van der Waals surface area contributed by atoms with Crippen molar-refractivity contribution in [3.05, 3.63) is 114 Å². The van der Waals surface area contributed by atoms with Crippen LogP contribution in [0.25, 0.3) is 43.1 Å². The van der Waals surface area contributed by atoms with Crippen molar-refractivity contribution in [1.82, 2.24) is 0 Å². The van der Waals surface area contributed by atoms with E-state index in [4.69, 9.17) is 4.74 Å². The standard InChI is InChI=1S/C31H23F3OS/c1-20-8-10-24(11-9-20)30-27(21-12-16-25(17-13-21)31(32,33)34)28(22-14-18-26(35-2)19-15-22)29(36-30)23-6-4-3-5-7-23/h3-19H,1-2H3. The van der Waals surface area contributed by atoms with E-state index in [1.54, 1.807) is 30.6 Å². The Kier molecular flexibility index (Phi) is 6.42. The van der Waals surface area contributed by atoms with E-state index < -0.39 is 11.7 Å². The molecule has 0 amide bonds. The Balaban J connectivity index is 1.82. The van der Waals surface area contributed by atoms with E-state index in [0.717, 1.165) is 66.6 Å². The lowest BCUT2D eigenvalue weighted by atomic mass is 9.91. The highest BCUT2D eigenvalue weighted by Gasteiger charge is 2.30. The zero-order chi connectivity index (χ0) is 25.3. The smallest absolute Gasteiger partial charge is 0.416 e. The third-order valence-corrected chi connectivity index (χ3v) is 7.43. The van der Waals surface area contributed by atoms with Crippen LogP contribution in [0.4, 0.5) is 13.2 Å². The Labute approximate surface area is 212 Å². The molecule has 0 aliphatic rings. The van der Waals surface area contributed by atoms with Crippen molar-refractivity contribution in [2.24, 2.45) is 0 Å². The van der Waals surface area contributed by atoms with Crippen molar-refractivity contribution in [1.29, 1.82) is 0 Å². The third-order valence-electron chi connectivity index (χ3n) is 6.14. The van der Waals surface area contributed by atoms with Gasteiger partial charge in [0.2, 0.25) is 0 Å². The van der Waals surface area contributed by atoms with E-state index >= 15 is 0 Å². The Morgan fingerprint density at radius 2 is 1.06 bits per heavy atom. The van der Waals surface area contributed by atoms with E-state index in [1.165, 1.54) is 0 Å². The summed E-state index contributed by atoms with van der Waals surface area (Å²) < 4.78 is 45.4. The molecular formula is C31H23F3OS. The van der Waals surface area contributed by atoms with E-state index in [0.29, 0.717) is 0 Å². The van der Waals surface area contributed by atoms with Crippen LogP contribution in [-0.4, -0.2) is 7.11 Å². The SMILES string of the molecule is COc1ccc(-c2c(-c3ccccc3)sc(-c3ccc(C)cc3)c2-c2ccc(C(F)(F)F)cc2)cc1. The molecule has 1 heterocycles. The maximum atomic E-state index is 13.3. The van der Waals surface area contributed by atoms with Crippen molar-refractivity contribution in [3.8, 4) is 48.9 Å². The molecule has 5 rings (SSSR count). The minimum atomic E-state index is -4.39. The molecule has 0 aliphatic carbocycles. The summed E-state index contributed by atoms with van der Waals surface area (Å²) in [6, 6.07) is 31.6. The van der Waals surface area contributed by atoms with Gasteiger partial charge in [-0.05, 0) is 53.4 Å². The molecular weight excluding hydrogens is 477 g/mol. The highest BCUT2D eigenvalue weighted by molar-refractivity contribution is 7.20. The molecule has 0 spiro atoms. The van der Waals surface area contributed by atoms with Crippen LogP contribution in [0.3, 0.4) is 0 Å². The van der Waals surface area contributed by atoms with E-state index in [1.807, 2.05) is 49.4 Å². The first kappa shape index (κ1) is 23.9. The van der Waals surface area contributed by atoms with Crippen LogP contribution in [0.1, 0.15) is 11.1 Å². The summed E-state index contributed by atoms with van der Waals surface area (Å²) in [5.41, 5.74) is 6.18. The predicted molar refractivity (Wildman–Crippen MR) is 142 cm³/mol. The van der Waals surface area contributed by atoms with Gasteiger partial charge in [0.1, 0.15) is 5.75 Å². The minimum absolute atomic E-state index is 0.660. The summed E-state index contributed by atoms with van der Waals surface area (Å²) in [7, 11) is 1.62. The molecule has 180 valence electrons. The van der Waals surface area contributed by atoms with Gasteiger partial charge in [-0.2, -0.15) is 13.2 Å². The second kappa shape index (κ2) is 9.67. The van der Waals surface area contributed by atoms with Gasteiger partial charge in [0.25, 0.3) is 0 Å². The monoisotopic (exact) mass is 500 g/mol. The largest absolute Gasteiger partial charge is 0.497 e.